The van der Waals surface area contributed by atoms with Crippen molar-refractivity contribution in [1.82, 2.24) is 4.68 Å². The molecule has 1 aliphatic rings. The summed E-state index contributed by atoms with van der Waals surface area (Å²) < 4.78 is 2.43. The molecule has 1 aliphatic heterocycles. The van der Waals surface area contributed by atoms with Crippen molar-refractivity contribution in [3.63, 3.8) is 0 Å². The van der Waals surface area contributed by atoms with E-state index >= 15 is 0 Å². The van der Waals surface area contributed by atoms with Crippen LogP contribution in [0.1, 0.15) is 20.8 Å². The monoisotopic (exact) mass is 457 g/mol. The molecule has 0 radical (unpaired) electrons. The summed E-state index contributed by atoms with van der Waals surface area (Å²) in [5.41, 5.74) is 5.85. The van der Waals surface area contributed by atoms with Crippen LogP contribution in [0.25, 0.3) is 11.6 Å². The Bertz CT molecular complexity index is 1160. The van der Waals surface area contributed by atoms with Gasteiger partial charge < -0.3 is 5.11 Å². The summed E-state index contributed by atoms with van der Waals surface area (Å²) in [4.78, 5) is 17.3. The maximum Gasteiger partial charge on any atom is 0.270 e. The van der Waals surface area contributed by atoms with Gasteiger partial charge in [-0.15, -0.1) is 0 Å². The van der Waals surface area contributed by atoms with E-state index in [1.165, 1.54) is 16.0 Å². The van der Waals surface area contributed by atoms with Crippen LogP contribution in [0, 0.1) is 3.95 Å². The van der Waals surface area contributed by atoms with Crippen molar-refractivity contribution in [2.45, 2.75) is 0 Å². The molecule has 0 fully saturated rings. The summed E-state index contributed by atoms with van der Waals surface area (Å²) >= 11 is 9.85. The van der Waals surface area contributed by atoms with Gasteiger partial charge in [-0.2, -0.15) is 4.68 Å². The fraction of sp³-hybridized carbons (Fsp3) is 0. The lowest BCUT2D eigenvalue weighted by Crippen LogP contribution is -2.22. The molecule has 3 aromatic rings. The molecule has 5 nitrogen and oxygen atoms in total. The number of nitrogens with zero attached hydrogens (tertiary/aromatic N) is 2. The van der Waals surface area contributed by atoms with Crippen molar-refractivity contribution < 1.29 is 9.90 Å². The Hall–Kier alpha value is -2.55. The van der Waals surface area contributed by atoms with Crippen LogP contribution in [-0.4, -0.2) is 21.9 Å². The summed E-state index contributed by atoms with van der Waals surface area (Å²) in [6.07, 6.45) is 3.56. The predicted octanol–water partition coefficient (Wildman–Crippen LogP) is 5.39. The summed E-state index contributed by atoms with van der Waals surface area (Å²) in [5, 5.41) is 10.6. The first-order valence-electron chi connectivity index (χ1n) is 7.90. The second-order valence-electron chi connectivity index (χ2n) is 5.71. The average molecular weight is 458 g/mol. The number of nitrogens with one attached hydrogen (secondary N) is 1. The van der Waals surface area contributed by atoms with Crippen LogP contribution in [0.2, 0.25) is 0 Å². The van der Waals surface area contributed by atoms with Gasteiger partial charge in [0.25, 0.3) is 5.91 Å². The lowest BCUT2D eigenvalue weighted by atomic mass is 10.1. The van der Waals surface area contributed by atoms with Gasteiger partial charge in [-0.1, -0.05) is 45.5 Å². The van der Waals surface area contributed by atoms with E-state index < -0.39 is 0 Å². The number of halogens is 1. The number of para-hydroxylation sites is 1. The SMILES string of the molecule is O=C(Nn1c(O)c(C=C2C=Nc3ccccc32)sc1=S)c1ccc(Br)cc1. The number of carbonyl (C=O) groups excluding carboxylic acids is 1. The lowest BCUT2D eigenvalue weighted by molar-refractivity contribution is 0.101. The standard InChI is InChI=1S/C19H12BrN3O2S2/c20-13-7-5-11(6-8-13)17(24)22-23-18(25)16(27-19(23)26)9-12-10-21-15-4-2-1-3-14(12)15/h1-10,25H,(H,22,24). The van der Waals surface area contributed by atoms with Crippen LogP contribution >= 0.6 is 39.5 Å². The van der Waals surface area contributed by atoms with Crippen LogP contribution in [0.3, 0.4) is 0 Å². The summed E-state index contributed by atoms with van der Waals surface area (Å²) in [7, 11) is 0. The second-order valence-corrected chi connectivity index (χ2v) is 8.31. The molecule has 0 unspecified atom stereocenters. The van der Waals surface area contributed by atoms with Crippen molar-refractivity contribution in [3.8, 4) is 5.88 Å². The summed E-state index contributed by atoms with van der Waals surface area (Å²) in [6, 6.07) is 14.7. The topological polar surface area (TPSA) is 66.6 Å². The van der Waals surface area contributed by atoms with E-state index in [0.29, 0.717) is 14.4 Å². The van der Waals surface area contributed by atoms with E-state index in [1.54, 1.807) is 30.5 Å². The molecule has 8 heteroatoms. The molecule has 1 amide bonds. The maximum absolute atomic E-state index is 12.4. The molecule has 0 atom stereocenters. The van der Waals surface area contributed by atoms with E-state index in [-0.39, 0.29) is 11.8 Å². The molecule has 0 saturated heterocycles. The van der Waals surface area contributed by atoms with Gasteiger partial charge in [-0.25, -0.2) is 0 Å². The van der Waals surface area contributed by atoms with Crippen molar-refractivity contribution in [2.24, 2.45) is 4.99 Å². The van der Waals surface area contributed by atoms with Crippen LogP contribution < -0.4 is 5.43 Å². The number of thiazole rings is 1. The quantitative estimate of drug-likeness (QED) is 0.518. The molecule has 27 heavy (non-hydrogen) atoms. The van der Waals surface area contributed by atoms with Gasteiger partial charge in [0.2, 0.25) is 5.88 Å². The Kier molecular flexibility index (Phi) is 4.77. The normalized spacial score (nSPS) is 13.7. The number of allylic oxidation sites excluding steroid dienone is 1. The minimum atomic E-state index is -0.362. The van der Waals surface area contributed by atoms with Gasteiger partial charge in [-0.05, 0) is 48.6 Å². The lowest BCUT2D eigenvalue weighted by Gasteiger charge is -2.07. The Morgan fingerprint density at radius 1 is 1.22 bits per heavy atom. The van der Waals surface area contributed by atoms with E-state index in [1.807, 2.05) is 30.3 Å². The fourth-order valence-corrected chi connectivity index (χ4v) is 4.08. The van der Waals surface area contributed by atoms with Gasteiger partial charge in [0.05, 0.1) is 10.6 Å². The first-order valence-corrected chi connectivity index (χ1v) is 9.91. The Morgan fingerprint density at radius 3 is 2.74 bits per heavy atom. The number of aliphatic imine (C=N–C) groups is 1. The molecule has 2 heterocycles. The number of hydrogen-bond acceptors (Lipinski definition) is 5. The Morgan fingerprint density at radius 2 is 1.96 bits per heavy atom. The third-order valence-electron chi connectivity index (χ3n) is 3.98. The fourth-order valence-electron chi connectivity index (χ4n) is 2.64. The van der Waals surface area contributed by atoms with Gasteiger partial charge in [0.15, 0.2) is 3.95 Å². The Balaban J connectivity index is 1.64. The highest BCUT2D eigenvalue weighted by Gasteiger charge is 2.17. The minimum Gasteiger partial charge on any atom is -0.492 e. The number of aromatic nitrogens is 1. The second kappa shape index (κ2) is 7.22. The number of rotatable bonds is 3. The number of aromatic hydroxyl groups is 1. The van der Waals surface area contributed by atoms with E-state index in [2.05, 4.69) is 26.3 Å². The summed E-state index contributed by atoms with van der Waals surface area (Å²) in [5.74, 6) is -0.473. The average Bonchev–Trinajstić information content (AvgIpc) is 3.19. The molecular formula is C19H12BrN3O2S2. The van der Waals surface area contributed by atoms with Crippen molar-refractivity contribution >= 4 is 68.9 Å². The number of benzene rings is 2. The number of amides is 1. The smallest absolute Gasteiger partial charge is 0.270 e. The predicted molar refractivity (Wildman–Crippen MR) is 115 cm³/mol. The zero-order valence-electron chi connectivity index (χ0n) is 13.7. The molecule has 1 aromatic heterocycles. The first kappa shape index (κ1) is 17.8. The maximum atomic E-state index is 12.4. The minimum absolute atomic E-state index is 0.110. The zero-order valence-corrected chi connectivity index (χ0v) is 16.9. The van der Waals surface area contributed by atoms with Crippen LogP contribution in [0.4, 0.5) is 5.69 Å². The van der Waals surface area contributed by atoms with Gasteiger partial charge in [0.1, 0.15) is 0 Å². The largest absolute Gasteiger partial charge is 0.492 e. The number of hydrogen-bond donors (Lipinski definition) is 2. The molecule has 2 aromatic carbocycles. The third-order valence-corrected chi connectivity index (χ3v) is 5.81. The highest BCUT2D eigenvalue weighted by atomic mass is 79.9. The molecule has 0 spiro atoms. The van der Waals surface area contributed by atoms with Crippen LogP contribution in [0.15, 0.2) is 58.0 Å². The third kappa shape index (κ3) is 3.51. The zero-order chi connectivity index (χ0) is 19.0. The first-order chi connectivity index (χ1) is 13.0. The molecule has 0 aliphatic carbocycles. The molecule has 4 rings (SSSR count). The van der Waals surface area contributed by atoms with Crippen LogP contribution in [0.5, 0.6) is 5.88 Å². The molecule has 134 valence electrons. The van der Waals surface area contributed by atoms with Crippen molar-refractivity contribution in [1.29, 1.82) is 0 Å². The molecule has 2 N–H and O–H groups in total. The summed E-state index contributed by atoms with van der Waals surface area (Å²) in [6.45, 7) is 0. The highest BCUT2D eigenvalue weighted by Crippen LogP contribution is 2.35. The molecule has 0 saturated carbocycles. The van der Waals surface area contributed by atoms with Crippen LogP contribution in [-0.2, 0) is 0 Å². The van der Waals surface area contributed by atoms with E-state index in [0.717, 1.165) is 21.3 Å². The molecular weight excluding hydrogens is 446 g/mol. The van der Waals surface area contributed by atoms with Crippen molar-refractivity contribution in [3.05, 3.63) is 73.0 Å². The van der Waals surface area contributed by atoms with Gasteiger partial charge >= 0.3 is 0 Å². The number of carbonyl (C=O) groups is 1. The van der Waals surface area contributed by atoms with Gasteiger partial charge in [0, 0.05) is 27.4 Å². The number of fused-ring (bicyclic) bond motifs is 1. The van der Waals surface area contributed by atoms with E-state index in [4.69, 9.17) is 12.2 Å². The Labute approximate surface area is 172 Å². The highest BCUT2D eigenvalue weighted by molar-refractivity contribution is 9.10. The van der Waals surface area contributed by atoms with Crippen molar-refractivity contribution in [2.75, 3.05) is 5.43 Å². The van der Waals surface area contributed by atoms with E-state index in [9.17, 15) is 9.90 Å². The van der Waals surface area contributed by atoms with Gasteiger partial charge in [-0.3, -0.25) is 15.2 Å². The molecule has 0 bridgehead atoms.